The van der Waals surface area contributed by atoms with Crippen molar-refractivity contribution in [3.63, 3.8) is 0 Å². The molecule has 0 aliphatic heterocycles. The molecule has 0 aliphatic carbocycles. The van der Waals surface area contributed by atoms with Crippen LogP contribution in [0.2, 0.25) is 0 Å². The van der Waals surface area contributed by atoms with E-state index in [2.05, 4.69) is 4.99 Å². The second-order valence-corrected chi connectivity index (χ2v) is 10.5. The number of benzene rings is 3. The average Bonchev–Trinajstić information content (AvgIpc) is 2.94. The van der Waals surface area contributed by atoms with Gasteiger partial charge in [0.2, 0.25) is 15.9 Å². The molecule has 4 rings (SSSR count). The van der Waals surface area contributed by atoms with Gasteiger partial charge in [-0.05, 0) is 61.5 Å². The van der Waals surface area contributed by atoms with Crippen molar-refractivity contribution in [1.29, 1.82) is 0 Å². The third-order valence-electron chi connectivity index (χ3n) is 6.26. The molecule has 0 atom stereocenters. The van der Waals surface area contributed by atoms with Gasteiger partial charge in [0.15, 0.2) is 0 Å². The number of hydrogen-bond donors (Lipinski definition) is 1. The number of esters is 1. The van der Waals surface area contributed by atoms with Gasteiger partial charge >= 0.3 is 5.97 Å². The van der Waals surface area contributed by atoms with Crippen LogP contribution in [0.5, 0.6) is 5.88 Å². The Labute approximate surface area is 226 Å². The smallest absolute Gasteiger partial charge is 0.338 e. The van der Waals surface area contributed by atoms with Crippen LogP contribution in [0, 0.1) is 0 Å². The van der Waals surface area contributed by atoms with Gasteiger partial charge in [-0.3, -0.25) is 9.79 Å². The van der Waals surface area contributed by atoms with Crippen molar-refractivity contribution in [3.8, 4) is 11.6 Å². The lowest BCUT2D eigenvalue weighted by atomic mass is 10.1. The van der Waals surface area contributed by atoms with Crippen LogP contribution in [0.15, 0.2) is 87.5 Å². The summed E-state index contributed by atoms with van der Waals surface area (Å²) in [6, 6.07) is 19.1. The Kier molecular flexibility index (Phi) is 8.27. The lowest BCUT2D eigenvalue weighted by molar-refractivity contribution is 0.0526. The molecular formula is C29H29N3O6S. The zero-order valence-corrected chi connectivity index (χ0v) is 22.7. The molecule has 0 unspecified atom stereocenters. The molecule has 1 heterocycles. The molecule has 0 radical (unpaired) electrons. The number of carbonyl (C=O) groups is 1. The SMILES string of the molecule is CCOC(=O)c1ccc(-n2c(O)c(C=Nc3ccc(S(=O)(=O)N(CC)CC)cc3)c3ccccc3c2=O)cc1. The normalized spacial score (nSPS) is 11.9. The van der Waals surface area contributed by atoms with E-state index in [1.807, 2.05) is 0 Å². The van der Waals surface area contributed by atoms with Gasteiger partial charge in [-0.2, -0.15) is 4.31 Å². The van der Waals surface area contributed by atoms with Crippen LogP contribution in [0.25, 0.3) is 16.5 Å². The number of nitrogens with zero attached hydrogens (tertiary/aromatic N) is 3. The van der Waals surface area contributed by atoms with Crippen molar-refractivity contribution in [3.05, 3.63) is 94.3 Å². The Balaban J connectivity index is 1.76. The minimum absolute atomic E-state index is 0.165. The van der Waals surface area contributed by atoms with Crippen molar-refractivity contribution >= 4 is 38.7 Å². The second kappa shape index (κ2) is 11.6. The molecule has 1 aromatic heterocycles. The number of aromatic hydroxyl groups is 1. The van der Waals surface area contributed by atoms with Gasteiger partial charge in [-0.15, -0.1) is 0 Å². The van der Waals surface area contributed by atoms with Crippen LogP contribution in [-0.4, -0.2) is 54.3 Å². The summed E-state index contributed by atoms with van der Waals surface area (Å²) in [6.45, 7) is 6.25. The number of ether oxygens (including phenoxy) is 1. The molecule has 0 spiro atoms. The Morgan fingerprint density at radius 1 is 0.949 bits per heavy atom. The Hall–Kier alpha value is -4.28. The maximum absolute atomic E-state index is 13.3. The number of carbonyl (C=O) groups excluding carboxylic acids is 1. The van der Waals surface area contributed by atoms with Crippen molar-refractivity contribution in [2.75, 3.05) is 19.7 Å². The van der Waals surface area contributed by atoms with Gasteiger partial charge in [0.05, 0.1) is 34.0 Å². The summed E-state index contributed by atoms with van der Waals surface area (Å²) in [7, 11) is -3.60. The standard InChI is InChI=1S/C29H29N3O6S/c1-4-31(5-2)39(36,37)23-17-13-21(14-18-23)30-19-26-24-9-7-8-10-25(24)27(33)32(28(26)34)22-15-11-20(12-16-22)29(35)38-6-3/h7-19,34H,4-6H2,1-3H3. The first-order valence-corrected chi connectivity index (χ1v) is 13.9. The number of fused-ring (bicyclic) bond motifs is 1. The van der Waals surface area contributed by atoms with Crippen LogP contribution in [0.1, 0.15) is 36.7 Å². The van der Waals surface area contributed by atoms with E-state index in [0.717, 1.165) is 4.57 Å². The third kappa shape index (κ3) is 5.47. The van der Waals surface area contributed by atoms with Gasteiger partial charge in [-0.1, -0.05) is 32.0 Å². The molecular weight excluding hydrogens is 518 g/mol. The van der Waals surface area contributed by atoms with Crippen LogP contribution in [0.3, 0.4) is 0 Å². The summed E-state index contributed by atoms with van der Waals surface area (Å²) < 4.78 is 33.1. The largest absolute Gasteiger partial charge is 0.494 e. The quantitative estimate of drug-likeness (QED) is 0.241. The summed E-state index contributed by atoms with van der Waals surface area (Å²) >= 11 is 0. The predicted molar refractivity (Wildman–Crippen MR) is 151 cm³/mol. The second-order valence-electron chi connectivity index (χ2n) is 8.53. The van der Waals surface area contributed by atoms with Crippen molar-refractivity contribution < 1.29 is 23.1 Å². The van der Waals surface area contributed by atoms with Gasteiger partial charge in [0, 0.05) is 30.1 Å². The van der Waals surface area contributed by atoms with E-state index in [-0.39, 0.29) is 17.4 Å². The van der Waals surface area contributed by atoms with Crippen LogP contribution >= 0.6 is 0 Å². The summed E-state index contributed by atoms with van der Waals surface area (Å²) in [5.41, 5.74) is 1.02. The Morgan fingerprint density at radius 2 is 1.56 bits per heavy atom. The fourth-order valence-electron chi connectivity index (χ4n) is 4.25. The first kappa shape index (κ1) is 27.7. The van der Waals surface area contributed by atoms with E-state index >= 15 is 0 Å². The van der Waals surface area contributed by atoms with Gasteiger partial charge < -0.3 is 9.84 Å². The fraction of sp³-hybridized carbons (Fsp3) is 0.207. The molecule has 0 saturated heterocycles. The van der Waals surface area contributed by atoms with E-state index in [1.54, 1.807) is 69.3 Å². The minimum Gasteiger partial charge on any atom is -0.494 e. The number of hydrogen-bond acceptors (Lipinski definition) is 7. The summed E-state index contributed by atoms with van der Waals surface area (Å²) in [5.74, 6) is -0.810. The zero-order chi connectivity index (χ0) is 28.2. The third-order valence-corrected chi connectivity index (χ3v) is 8.33. The summed E-state index contributed by atoms with van der Waals surface area (Å²) in [6.07, 6.45) is 1.44. The van der Waals surface area contributed by atoms with Crippen LogP contribution in [0.4, 0.5) is 5.69 Å². The van der Waals surface area contributed by atoms with E-state index in [9.17, 15) is 23.1 Å². The van der Waals surface area contributed by atoms with E-state index in [0.29, 0.717) is 46.4 Å². The molecule has 0 fully saturated rings. The topological polar surface area (TPSA) is 118 Å². The minimum atomic E-state index is -3.60. The van der Waals surface area contributed by atoms with Crippen LogP contribution in [-0.2, 0) is 14.8 Å². The molecule has 10 heteroatoms. The summed E-state index contributed by atoms with van der Waals surface area (Å²) in [4.78, 5) is 30.0. The summed E-state index contributed by atoms with van der Waals surface area (Å²) in [5, 5.41) is 12.1. The highest BCUT2D eigenvalue weighted by molar-refractivity contribution is 7.89. The maximum atomic E-state index is 13.3. The molecule has 1 N–H and O–H groups in total. The Bertz CT molecular complexity index is 1690. The predicted octanol–water partition coefficient (Wildman–Crippen LogP) is 4.65. The van der Waals surface area contributed by atoms with Crippen LogP contribution < -0.4 is 5.56 Å². The van der Waals surface area contributed by atoms with Crippen molar-refractivity contribution in [1.82, 2.24) is 8.87 Å². The Morgan fingerprint density at radius 3 is 2.15 bits per heavy atom. The lowest BCUT2D eigenvalue weighted by Crippen LogP contribution is -2.30. The van der Waals surface area contributed by atoms with Gasteiger partial charge in [-0.25, -0.2) is 17.8 Å². The highest BCUT2D eigenvalue weighted by Gasteiger charge is 2.21. The van der Waals surface area contributed by atoms with Crippen molar-refractivity contribution in [2.24, 2.45) is 4.99 Å². The molecule has 3 aromatic carbocycles. The van der Waals surface area contributed by atoms with E-state index < -0.39 is 21.6 Å². The lowest BCUT2D eigenvalue weighted by Gasteiger charge is -2.18. The average molecular weight is 548 g/mol. The molecule has 4 aromatic rings. The monoisotopic (exact) mass is 547 g/mol. The number of rotatable bonds is 9. The molecule has 0 bridgehead atoms. The molecule has 9 nitrogen and oxygen atoms in total. The molecule has 202 valence electrons. The number of sulfonamides is 1. The molecule has 0 amide bonds. The first-order valence-electron chi connectivity index (χ1n) is 12.5. The molecule has 0 aliphatic rings. The number of aromatic nitrogens is 1. The zero-order valence-electron chi connectivity index (χ0n) is 21.9. The van der Waals surface area contributed by atoms with E-state index in [4.69, 9.17) is 4.74 Å². The molecule has 0 saturated carbocycles. The van der Waals surface area contributed by atoms with Crippen molar-refractivity contribution in [2.45, 2.75) is 25.7 Å². The highest BCUT2D eigenvalue weighted by atomic mass is 32.2. The maximum Gasteiger partial charge on any atom is 0.338 e. The fourth-order valence-corrected chi connectivity index (χ4v) is 5.70. The van der Waals surface area contributed by atoms with E-state index in [1.165, 1.54) is 34.8 Å². The number of pyridine rings is 1. The molecule has 39 heavy (non-hydrogen) atoms. The first-order chi connectivity index (χ1) is 18.7. The highest BCUT2D eigenvalue weighted by Crippen LogP contribution is 2.27. The van der Waals surface area contributed by atoms with Gasteiger partial charge in [0.25, 0.3) is 5.56 Å². The number of aliphatic imine (C=N–C) groups is 1. The van der Waals surface area contributed by atoms with Gasteiger partial charge in [0.1, 0.15) is 0 Å².